The first kappa shape index (κ1) is 11.4. The summed E-state index contributed by atoms with van der Waals surface area (Å²) in [4.78, 5) is 0. The smallest absolute Gasteiger partial charge is 0.00149 e. The lowest BCUT2D eigenvalue weighted by atomic mass is 9.58. The average Bonchev–Trinajstić information content (AvgIpc) is 2.35. The quantitative estimate of drug-likeness (QED) is 0.736. The molecule has 1 N–H and O–H groups in total. The number of fused-ring (bicyclic) bond motifs is 2. The van der Waals surface area contributed by atoms with Crippen molar-refractivity contribution < 1.29 is 0 Å². The highest BCUT2D eigenvalue weighted by Gasteiger charge is 2.53. The van der Waals surface area contributed by atoms with Gasteiger partial charge < -0.3 is 5.32 Å². The van der Waals surface area contributed by atoms with Crippen molar-refractivity contribution in [2.75, 3.05) is 13.1 Å². The van der Waals surface area contributed by atoms with Gasteiger partial charge in [-0.2, -0.15) is 0 Å². The molecule has 0 amide bonds. The summed E-state index contributed by atoms with van der Waals surface area (Å²) in [6.07, 6.45) is 4.36. The minimum atomic E-state index is 0.628. The van der Waals surface area contributed by atoms with Crippen LogP contribution in [0.25, 0.3) is 0 Å². The minimum Gasteiger partial charge on any atom is -0.316 e. The fraction of sp³-hybridized carbons (Fsp3) is 1.00. The van der Waals surface area contributed by atoms with Gasteiger partial charge in [0, 0.05) is 0 Å². The van der Waals surface area contributed by atoms with Crippen LogP contribution in [0.3, 0.4) is 0 Å². The van der Waals surface area contributed by atoms with Gasteiger partial charge in [-0.3, -0.25) is 0 Å². The summed E-state index contributed by atoms with van der Waals surface area (Å²) in [7, 11) is 0. The molecule has 0 aromatic heterocycles. The van der Waals surface area contributed by atoms with Gasteiger partial charge in [-0.25, -0.2) is 0 Å². The zero-order valence-corrected chi connectivity index (χ0v) is 10.8. The molecule has 0 aromatic rings. The van der Waals surface area contributed by atoms with Gasteiger partial charge in [0.25, 0.3) is 0 Å². The highest BCUT2D eigenvalue weighted by atomic mass is 14.9. The second-order valence-electron chi connectivity index (χ2n) is 6.27. The van der Waals surface area contributed by atoms with Crippen LogP contribution in [-0.2, 0) is 0 Å². The molecular weight excluding hydrogens is 182 g/mol. The molecule has 1 aliphatic heterocycles. The van der Waals surface area contributed by atoms with E-state index in [-0.39, 0.29) is 0 Å². The van der Waals surface area contributed by atoms with Crippen LogP contribution in [-0.4, -0.2) is 13.1 Å². The number of rotatable bonds is 2. The van der Waals surface area contributed by atoms with Gasteiger partial charge in [0.05, 0.1) is 0 Å². The van der Waals surface area contributed by atoms with E-state index in [0.29, 0.717) is 5.41 Å². The Balaban J connectivity index is 2.36. The molecule has 2 atom stereocenters. The average molecular weight is 209 g/mol. The standard InChI is InChI=1S/C14H27N/c1-10(2)14(11(3)4)12-5-6-13(14)9-15-8-7-12/h10-13,15H,5-9H2,1-4H3. The molecule has 1 saturated carbocycles. The highest BCUT2D eigenvalue weighted by molar-refractivity contribution is 5.03. The molecule has 0 radical (unpaired) electrons. The number of hydrogen-bond donors (Lipinski definition) is 1. The molecule has 0 aromatic carbocycles. The lowest BCUT2D eigenvalue weighted by Crippen LogP contribution is -2.43. The van der Waals surface area contributed by atoms with Gasteiger partial charge in [0.15, 0.2) is 0 Å². The van der Waals surface area contributed by atoms with E-state index in [1.54, 1.807) is 0 Å². The second kappa shape index (κ2) is 4.08. The predicted molar refractivity (Wildman–Crippen MR) is 65.8 cm³/mol. The molecule has 2 bridgehead atoms. The Morgan fingerprint density at radius 2 is 1.53 bits per heavy atom. The molecule has 1 saturated heterocycles. The van der Waals surface area contributed by atoms with Crippen molar-refractivity contribution in [3.8, 4) is 0 Å². The Bertz CT molecular complexity index is 195. The molecule has 15 heavy (non-hydrogen) atoms. The third-order valence-electron chi connectivity index (χ3n) is 5.34. The molecule has 1 heteroatoms. The molecule has 0 spiro atoms. The Morgan fingerprint density at radius 1 is 0.933 bits per heavy atom. The molecule has 2 aliphatic rings. The van der Waals surface area contributed by atoms with Gasteiger partial charge in [0.1, 0.15) is 0 Å². The van der Waals surface area contributed by atoms with E-state index in [1.165, 1.54) is 32.4 Å². The lowest BCUT2D eigenvalue weighted by molar-refractivity contribution is 0.0171. The topological polar surface area (TPSA) is 12.0 Å². The SMILES string of the molecule is CC(C)C1(C(C)C)C2CCNCC1CC2. The van der Waals surface area contributed by atoms with E-state index < -0.39 is 0 Å². The highest BCUT2D eigenvalue weighted by Crippen LogP contribution is 2.58. The molecule has 1 nitrogen and oxygen atoms in total. The van der Waals surface area contributed by atoms with E-state index in [0.717, 1.165) is 23.7 Å². The maximum absolute atomic E-state index is 3.64. The fourth-order valence-corrected chi connectivity index (χ4v) is 5.01. The first-order chi connectivity index (χ1) is 7.10. The van der Waals surface area contributed by atoms with Crippen LogP contribution in [0.4, 0.5) is 0 Å². The van der Waals surface area contributed by atoms with Crippen LogP contribution in [0.1, 0.15) is 47.0 Å². The van der Waals surface area contributed by atoms with E-state index in [4.69, 9.17) is 0 Å². The van der Waals surface area contributed by atoms with Gasteiger partial charge in [-0.1, -0.05) is 27.7 Å². The third-order valence-corrected chi connectivity index (χ3v) is 5.34. The van der Waals surface area contributed by atoms with E-state index in [1.807, 2.05) is 0 Å². The summed E-state index contributed by atoms with van der Waals surface area (Å²) in [5.74, 6) is 3.60. The maximum Gasteiger partial charge on any atom is -0.00149 e. The summed E-state index contributed by atoms with van der Waals surface area (Å²) in [6, 6.07) is 0. The van der Waals surface area contributed by atoms with Crippen LogP contribution < -0.4 is 5.32 Å². The van der Waals surface area contributed by atoms with Crippen molar-refractivity contribution in [2.24, 2.45) is 29.1 Å². The Labute approximate surface area is 95.0 Å². The lowest BCUT2D eigenvalue weighted by Gasteiger charge is -2.46. The Hall–Kier alpha value is -0.0400. The van der Waals surface area contributed by atoms with Crippen molar-refractivity contribution in [3.05, 3.63) is 0 Å². The van der Waals surface area contributed by atoms with Gasteiger partial charge in [0.2, 0.25) is 0 Å². The Morgan fingerprint density at radius 3 is 2.13 bits per heavy atom. The fourth-order valence-electron chi connectivity index (χ4n) is 5.01. The first-order valence-electron chi connectivity index (χ1n) is 6.80. The summed E-state index contributed by atoms with van der Waals surface area (Å²) >= 11 is 0. The third kappa shape index (κ3) is 1.54. The molecule has 2 unspecified atom stereocenters. The maximum atomic E-state index is 3.64. The zero-order chi connectivity index (χ0) is 11.1. The summed E-state index contributed by atoms with van der Waals surface area (Å²) < 4.78 is 0. The molecule has 2 rings (SSSR count). The van der Waals surface area contributed by atoms with Crippen LogP contribution in [0.5, 0.6) is 0 Å². The second-order valence-corrected chi connectivity index (χ2v) is 6.27. The van der Waals surface area contributed by atoms with Crippen LogP contribution in [0.15, 0.2) is 0 Å². The van der Waals surface area contributed by atoms with Crippen LogP contribution in [0, 0.1) is 29.1 Å². The largest absolute Gasteiger partial charge is 0.316 e. The molecule has 88 valence electrons. The van der Waals surface area contributed by atoms with Gasteiger partial charge in [-0.15, -0.1) is 0 Å². The first-order valence-corrected chi connectivity index (χ1v) is 6.80. The number of nitrogens with one attached hydrogen (secondary N) is 1. The van der Waals surface area contributed by atoms with Crippen molar-refractivity contribution in [1.29, 1.82) is 0 Å². The van der Waals surface area contributed by atoms with E-state index in [2.05, 4.69) is 33.0 Å². The monoisotopic (exact) mass is 209 g/mol. The van der Waals surface area contributed by atoms with Crippen molar-refractivity contribution in [3.63, 3.8) is 0 Å². The van der Waals surface area contributed by atoms with Gasteiger partial charge in [-0.05, 0) is 61.4 Å². The van der Waals surface area contributed by atoms with Crippen LogP contribution in [0.2, 0.25) is 0 Å². The van der Waals surface area contributed by atoms with Crippen molar-refractivity contribution >= 4 is 0 Å². The summed E-state index contributed by atoms with van der Waals surface area (Å²) in [5.41, 5.74) is 0.628. The summed E-state index contributed by atoms with van der Waals surface area (Å²) in [6.45, 7) is 12.3. The molecule has 2 fully saturated rings. The van der Waals surface area contributed by atoms with E-state index >= 15 is 0 Å². The number of hydrogen-bond acceptors (Lipinski definition) is 1. The minimum absolute atomic E-state index is 0.628. The van der Waals surface area contributed by atoms with Crippen LogP contribution >= 0.6 is 0 Å². The molecular formula is C14H27N. The Kier molecular flexibility index (Phi) is 3.12. The molecule has 1 aliphatic carbocycles. The normalized spacial score (nSPS) is 34.8. The van der Waals surface area contributed by atoms with E-state index in [9.17, 15) is 0 Å². The predicted octanol–water partition coefficient (Wildman–Crippen LogP) is 3.30. The van der Waals surface area contributed by atoms with Crippen molar-refractivity contribution in [1.82, 2.24) is 5.32 Å². The van der Waals surface area contributed by atoms with Gasteiger partial charge >= 0.3 is 0 Å². The zero-order valence-electron chi connectivity index (χ0n) is 10.8. The molecule has 1 heterocycles. The summed E-state index contributed by atoms with van der Waals surface area (Å²) in [5, 5.41) is 3.64. The van der Waals surface area contributed by atoms with Crippen molar-refractivity contribution in [2.45, 2.75) is 47.0 Å².